The number of hydrogen-bond acceptors (Lipinski definition) is 4. The fourth-order valence-electron chi connectivity index (χ4n) is 3.08. The van der Waals surface area contributed by atoms with Gasteiger partial charge in [-0.05, 0) is 65.1 Å². The van der Waals surface area contributed by atoms with Crippen LogP contribution in [0.4, 0.5) is 15.9 Å². The monoisotopic (exact) mass is 518 g/mol. The highest BCUT2D eigenvalue weighted by Crippen LogP contribution is 2.32. The summed E-state index contributed by atoms with van der Waals surface area (Å²) in [6.45, 7) is 0. The molecule has 0 spiro atoms. The van der Waals surface area contributed by atoms with Crippen molar-refractivity contribution in [1.82, 2.24) is 9.55 Å². The summed E-state index contributed by atoms with van der Waals surface area (Å²) in [7, 11) is 1.46. The third kappa shape index (κ3) is 3.75. The van der Waals surface area contributed by atoms with Crippen molar-refractivity contribution in [2.75, 3.05) is 5.32 Å². The Hall–Kier alpha value is -3.34. The molecule has 0 saturated carbocycles. The smallest absolute Gasteiger partial charge is 0.256 e. The van der Waals surface area contributed by atoms with E-state index in [1.165, 1.54) is 29.8 Å². The Labute approximate surface area is 183 Å². The number of nitrogens with zero attached hydrogens (tertiary/aromatic N) is 1. The second-order valence-electron chi connectivity index (χ2n) is 6.57. The molecule has 4 N–H and O–H groups in total. The van der Waals surface area contributed by atoms with Gasteiger partial charge < -0.3 is 20.8 Å². The van der Waals surface area contributed by atoms with Crippen molar-refractivity contribution in [2.24, 2.45) is 12.8 Å². The lowest BCUT2D eigenvalue weighted by Gasteiger charge is -2.18. The number of carbonyl (C=O) groups is 1. The van der Waals surface area contributed by atoms with E-state index in [0.29, 0.717) is 9.32 Å². The van der Waals surface area contributed by atoms with E-state index in [4.69, 9.17) is 10.5 Å². The average molecular weight is 518 g/mol. The van der Waals surface area contributed by atoms with Crippen LogP contribution in [0.5, 0.6) is 11.5 Å². The molecule has 0 unspecified atom stereocenters. The largest absolute Gasteiger partial charge is 0.456 e. The molecule has 0 fully saturated rings. The number of ether oxygens (including phenoxy) is 1. The highest BCUT2D eigenvalue weighted by atomic mass is 127. The summed E-state index contributed by atoms with van der Waals surface area (Å²) in [6.07, 6.45) is 1.79. The van der Waals surface area contributed by atoms with Crippen molar-refractivity contribution in [1.29, 1.82) is 0 Å². The lowest BCUT2D eigenvalue weighted by atomic mass is 10.2. The minimum atomic E-state index is -0.822. The topological polar surface area (TPSA) is 102 Å². The van der Waals surface area contributed by atoms with Crippen molar-refractivity contribution in [2.45, 2.75) is 0 Å². The molecule has 152 valence electrons. The number of aromatic amines is 1. The van der Waals surface area contributed by atoms with E-state index < -0.39 is 17.3 Å². The van der Waals surface area contributed by atoms with Crippen LogP contribution in [0.2, 0.25) is 0 Å². The predicted octanol–water partition coefficient (Wildman–Crippen LogP) is 4.25. The van der Waals surface area contributed by atoms with Crippen LogP contribution >= 0.6 is 22.6 Å². The zero-order chi connectivity index (χ0) is 21.4. The van der Waals surface area contributed by atoms with Crippen molar-refractivity contribution < 1.29 is 13.9 Å². The summed E-state index contributed by atoms with van der Waals surface area (Å²) in [6, 6.07) is 12.9. The number of halogens is 2. The number of aromatic nitrogens is 2. The van der Waals surface area contributed by atoms with Crippen LogP contribution in [0.1, 0.15) is 10.4 Å². The first-order valence-corrected chi connectivity index (χ1v) is 9.92. The highest BCUT2D eigenvalue weighted by molar-refractivity contribution is 14.1. The Kier molecular flexibility index (Phi) is 5.20. The number of pyridine rings is 1. The average Bonchev–Trinajstić information content (AvgIpc) is 3.15. The van der Waals surface area contributed by atoms with Gasteiger partial charge in [-0.2, -0.15) is 0 Å². The number of anilines is 2. The second-order valence-corrected chi connectivity index (χ2v) is 7.82. The number of benzene rings is 2. The van der Waals surface area contributed by atoms with Gasteiger partial charge in [0, 0.05) is 33.8 Å². The van der Waals surface area contributed by atoms with Crippen LogP contribution < -0.4 is 21.3 Å². The van der Waals surface area contributed by atoms with Crippen LogP contribution in [0.25, 0.3) is 10.9 Å². The van der Waals surface area contributed by atoms with Crippen LogP contribution in [0, 0.1) is 9.39 Å². The van der Waals surface area contributed by atoms with Gasteiger partial charge in [0.2, 0.25) is 0 Å². The summed E-state index contributed by atoms with van der Waals surface area (Å²) in [4.78, 5) is 27.9. The summed E-state index contributed by atoms with van der Waals surface area (Å²) < 4.78 is 22.1. The predicted molar refractivity (Wildman–Crippen MR) is 121 cm³/mol. The minimum Gasteiger partial charge on any atom is -0.456 e. The fourth-order valence-corrected chi connectivity index (χ4v) is 3.53. The number of carbonyl (C=O) groups excluding carboxylic acids is 1. The summed E-state index contributed by atoms with van der Waals surface area (Å²) in [5.41, 5.74) is 6.10. The van der Waals surface area contributed by atoms with E-state index in [9.17, 15) is 14.0 Å². The number of rotatable bonds is 5. The number of fused-ring (bicyclic) bond motifs is 1. The molecule has 0 atom stereocenters. The summed E-state index contributed by atoms with van der Waals surface area (Å²) >= 11 is 1.99. The number of H-pyrrole nitrogens is 1. The maximum Gasteiger partial charge on any atom is 0.256 e. The number of nitrogens with one attached hydrogen (secondary N) is 2. The number of hydrogen-bond donors (Lipinski definition) is 3. The highest BCUT2D eigenvalue weighted by Gasteiger charge is 2.21. The van der Waals surface area contributed by atoms with Gasteiger partial charge in [0.25, 0.3) is 11.5 Å². The van der Waals surface area contributed by atoms with Crippen LogP contribution in [-0.4, -0.2) is 15.5 Å². The van der Waals surface area contributed by atoms with Gasteiger partial charge in [-0.15, -0.1) is 0 Å². The van der Waals surface area contributed by atoms with Gasteiger partial charge in [-0.25, -0.2) is 4.39 Å². The normalized spacial score (nSPS) is 10.9. The second kappa shape index (κ2) is 7.82. The molecule has 0 aliphatic carbocycles. The standard InChI is InChI=1S/C21H16FIN4O3/c1-27-18(28)10-17(30-13-3-5-15-11(8-13)6-7-25-15)19(20(24)29)21(27)26-16-4-2-12(23)9-14(16)22/h2-10,25-26H,1H3,(H2,24,29). The van der Waals surface area contributed by atoms with Crippen molar-refractivity contribution in [3.05, 3.63) is 80.0 Å². The van der Waals surface area contributed by atoms with Gasteiger partial charge >= 0.3 is 0 Å². The minimum absolute atomic E-state index is 0.0195. The van der Waals surface area contributed by atoms with E-state index in [1.54, 1.807) is 24.4 Å². The molecule has 4 aromatic rings. The summed E-state index contributed by atoms with van der Waals surface area (Å²) in [5, 5.41) is 3.71. The number of primary amides is 1. The number of amides is 1. The lowest BCUT2D eigenvalue weighted by Crippen LogP contribution is -2.25. The first-order valence-electron chi connectivity index (χ1n) is 8.84. The number of nitrogens with two attached hydrogens (primary N) is 1. The molecule has 0 bridgehead atoms. The molecule has 0 radical (unpaired) electrons. The lowest BCUT2D eigenvalue weighted by molar-refractivity contribution is 0.0998. The Bertz CT molecular complexity index is 1350. The van der Waals surface area contributed by atoms with Gasteiger partial charge in [0.1, 0.15) is 28.7 Å². The molecular weight excluding hydrogens is 502 g/mol. The molecule has 0 aliphatic heterocycles. The zero-order valence-corrected chi connectivity index (χ0v) is 17.9. The quantitative estimate of drug-likeness (QED) is 0.344. The molecule has 1 amide bonds. The van der Waals surface area contributed by atoms with Crippen molar-refractivity contribution in [3.63, 3.8) is 0 Å². The molecule has 2 aromatic carbocycles. The molecule has 7 nitrogen and oxygen atoms in total. The van der Waals surface area contributed by atoms with Crippen molar-refractivity contribution >= 4 is 50.9 Å². The Morgan fingerprint density at radius 3 is 2.73 bits per heavy atom. The maximum atomic E-state index is 14.4. The fraction of sp³-hybridized carbons (Fsp3) is 0.0476. The SMILES string of the molecule is Cn1c(Nc2ccc(I)cc2F)c(C(N)=O)c(Oc2ccc3[nH]ccc3c2)cc1=O. The van der Waals surface area contributed by atoms with Crippen LogP contribution in [0.3, 0.4) is 0 Å². The summed E-state index contributed by atoms with van der Waals surface area (Å²) in [5.74, 6) is -0.920. The van der Waals surface area contributed by atoms with Crippen LogP contribution in [-0.2, 0) is 7.05 Å². The molecule has 9 heteroatoms. The van der Waals surface area contributed by atoms with Gasteiger partial charge in [-0.3, -0.25) is 14.2 Å². The first kappa shape index (κ1) is 20.0. The molecule has 2 aromatic heterocycles. The Balaban J connectivity index is 1.82. The van der Waals surface area contributed by atoms with Gasteiger partial charge in [0.05, 0.1) is 5.69 Å². The van der Waals surface area contributed by atoms with Gasteiger partial charge in [-0.1, -0.05) is 0 Å². The van der Waals surface area contributed by atoms with E-state index in [2.05, 4.69) is 10.3 Å². The van der Waals surface area contributed by atoms with E-state index in [1.807, 2.05) is 34.7 Å². The molecule has 0 aliphatic rings. The van der Waals surface area contributed by atoms with Crippen molar-refractivity contribution in [3.8, 4) is 11.5 Å². The molecular formula is C21H16FIN4O3. The third-order valence-corrected chi connectivity index (χ3v) is 5.26. The molecule has 4 rings (SSSR count). The zero-order valence-electron chi connectivity index (χ0n) is 15.7. The molecule has 30 heavy (non-hydrogen) atoms. The molecule has 0 saturated heterocycles. The Morgan fingerprint density at radius 2 is 2.00 bits per heavy atom. The Morgan fingerprint density at radius 1 is 1.20 bits per heavy atom. The van der Waals surface area contributed by atoms with Gasteiger partial charge in [0.15, 0.2) is 0 Å². The molecule has 2 heterocycles. The third-order valence-electron chi connectivity index (χ3n) is 4.59. The van der Waals surface area contributed by atoms with E-state index >= 15 is 0 Å². The van der Waals surface area contributed by atoms with E-state index in [0.717, 1.165) is 10.9 Å². The van der Waals surface area contributed by atoms with Crippen LogP contribution in [0.15, 0.2) is 59.5 Å². The maximum absolute atomic E-state index is 14.4. The first-order chi connectivity index (χ1) is 14.3. The van der Waals surface area contributed by atoms with E-state index in [-0.39, 0.29) is 22.8 Å².